The van der Waals surface area contributed by atoms with E-state index in [1.165, 1.54) is 0 Å². The molecule has 132 valence electrons. The molecule has 0 fully saturated rings. The van der Waals surface area contributed by atoms with Gasteiger partial charge in [-0.15, -0.1) is 0 Å². The first-order chi connectivity index (χ1) is 10.3. The van der Waals surface area contributed by atoms with Crippen molar-refractivity contribution < 1.29 is 9.90 Å². The molecule has 0 aliphatic carbocycles. The van der Waals surface area contributed by atoms with Crippen molar-refractivity contribution in [1.29, 1.82) is 0 Å². The zero-order valence-electron chi connectivity index (χ0n) is 16.0. The molecule has 0 aromatic heterocycles. The van der Waals surface area contributed by atoms with Gasteiger partial charge in [0.1, 0.15) is 0 Å². The fraction of sp³-hybridized carbons (Fsp3) is 0.947. The lowest BCUT2D eigenvalue weighted by molar-refractivity contribution is -0.142. The summed E-state index contributed by atoms with van der Waals surface area (Å²) in [4.78, 5) is 15.0. The minimum absolute atomic E-state index is 0.0333. The van der Waals surface area contributed by atoms with Crippen LogP contribution < -0.4 is 0 Å². The summed E-state index contributed by atoms with van der Waals surface area (Å²) in [6.45, 7) is 16.6. The van der Waals surface area contributed by atoms with Crippen LogP contribution in [0.15, 0.2) is 0 Å². The molecule has 3 nitrogen and oxygen atoms in total. The Morgan fingerprint density at radius 1 is 1.00 bits per heavy atom. The van der Waals surface area contributed by atoms with Gasteiger partial charge in [-0.2, -0.15) is 0 Å². The molecule has 1 atom stereocenters. The van der Waals surface area contributed by atoms with Crippen molar-refractivity contribution >= 4 is 5.91 Å². The second-order valence-electron chi connectivity index (χ2n) is 7.28. The number of carbonyl (C=O) groups excluding carboxylic acids is 1. The van der Waals surface area contributed by atoms with E-state index in [-0.39, 0.29) is 29.3 Å². The van der Waals surface area contributed by atoms with Crippen molar-refractivity contribution in [2.45, 2.75) is 80.6 Å². The van der Waals surface area contributed by atoms with Gasteiger partial charge in [0.05, 0.1) is 6.61 Å². The van der Waals surface area contributed by atoms with E-state index in [4.69, 9.17) is 0 Å². The van der Waals surface area contributed by atoms with Crippen LogP contribution in [0.25, 0.3) is 0 Å². The highest BCUT2D eigenvalue weighted by Crippen LogP contribution is 2.44. The summed E-state index contributed by atoms with van der Waals surface area (Å²) in [5.41, 5.74) is 0.246. The maximum Gasteiger partial charge on any atom is 0.226 e. The summed E-state index contributed by atoms with van der Waals surface area (Å²) >= 11 is 0. The van der Waals surface area contributed by atoms with Crippen LogP contribution in [0.2, 0.25) is 0 Å². The third-order valence-electron chi connectivity index (χ3n) is 6.22. The lowest BCUT2D eigenvalue weighted by atomic mass is 9.64. The molecule has 0 aromatic carbocycles. The molecule has 0 aliphatic rings. The molecule has 0 rings (SSSR count). The van der Waals surface area contributed by atoms with Gasteiger partial charge in [-0.25, -0.2) is 0 Å². The second-order valence-corrected chi connectivity index (χ2v) is 7.28. The lowest BCUT2D eigenvalue weighted by Gasteiger charge is -2.42. The highest BCUT2D eigenvalue weighted by molar-refractivity contribution is 5.79. The maximum atomic E-state index is 13.2. The molecule has 1 unspecified atom stereocenters. The number of amides is 1. The van der Waals surface area contributed by atoms with Gasteiger partial charge in [0.25, 0.3) is 0 Å². The number of aliphatic hydroxyl groups is 1. The second kappa shape index (κ2) is 9.54. The van der Waals surface area contributed by atoms with Crippen molar-refractivity contribution in [3.05, 3.63) is 0 Å². The first kappa shape index (κ1) is 21.4. The summed E-state index contributed by atoms with van der Waals surface area (Å²) in [6, 6.07) is 0. The first-order valence-electron chi connectivity index (χ1n) is 9.17. The molecule has 0 radical (unpaired) electrons. The largest absolute Gasteiger partial charge is 0.395 e. The van der Waals surface area contributed by atoms with Gasteiger partial charge in [0.15, 0.2) is 0 Å². The Morgan fingerprint density at radius 2 is 1.50 bits per heavy atom. The highest BCUT2D eigenvalue weighted by Gasteiger charge is 2.41. The van der Waals surface area contributed by atoms with Crippen LogP contribution in [-0.4, -0.2) is 35.6 Å². The molecule has 1 amide bonds. The van der Waals surface area contributed by atoms with Crippen molar-refractivity contribution in [2.75, 3.05) is 19.7 Å². The van der Waals surface area contributed by atoms with Crippen LogP contribution in [0, 0.1) is 16.7 Å². The molecule has 0 heterocycles. The summed E-state index contributed by atoms with van der Waals surface area (Å²) < 4.78 is 0. The van der Waals surface area contributed by atoms with E-state index in [2.05, 4.69) is 41.5 Å². The molecule has 0 saturated heterocycles. The molecule has 1 N–H and O–H groups in total. The lowest BCUT2D eigenvalue weighted by Crippen LogP contribution is -2.45. The van der Waals surface area contributed by atoms with Crippen molar-refractivity contribution in [1.82, 2.24) is 4.90 Å². The number of likely N-dealkylation sites (N-methyl/N-ethyl adjacent to an activating group) is 1. The number of carbonyl (C=O) groups is 1. The average molecular weight is 314 g/mol. The van der Waals surface area contributed by atoms with E-state index in [0.717, 1.165) is 32.1 Å². The van der Waals surface area contributed by atoms with Gasteiger partial charge in [0, 0.05) is 19.0 Å². The molecule has 0 saturated carbocycles. The van der Waals surface area contributed by atoms with Crippen LogP contribution in [-0.2, 0) is 4.79 Å². The molecule has 0 spiro atoms. The Bertz CT molecular complexity index is 319. The Morgan fingerprint density at radius 3 is 1.82 bits per heavy atom. The van der Waals surface area contributed by atoms with Crippen molar-refractivity contribution in [2.24, 2.45) is 16.7 Å². The number of hydrogen-bond donors (Lipinski definition) is 1. The van der Waals surface area contributed by atoms with Crippen molar-refractivity contribution in [3.8, 4) is 0 Å². The third kappa shape index (κ3) is 5.26. The van der Waals surface area contributed by atoms with Gasteiger partial charge in [-0.05, 0) is 37.0 Å². The summed E-state index contributed by atoms with van der Waals surface area (Å²) in [5, 5.41) is 9.25. The van der Waals surface area contributed by atoms with E-state index >= 15 is 0 Å². The topological polar surface area (TPSA) is 40.5 Å². The van der Waals surface area contributed by atoms with Gasteiger partial charge in [0.2, 0.25) is 5.91 Å². The summed E-state index contributed by atoms with van der Waals surface area (Å²) in [5.74, 6) is 0.273. The maximum absolute atomic E-state index is 13.2. The van der Waals surface area contributed by atoms with Gasteiger partial charge in [-0.1, -0.05) is 54.4 Å². The molecule has 0 bridgehead atoms. The van der Waals surface area contributed by atoms with Gasteiger partial charge in [-0.3, -0.25) is 4.79 Å². The van der Waals surface area contributed by atoms with E-state index in [1.807, 2.05) is 11.8 Å². The van der Waals surface area contributed by atoms with Crippen LogP contribution in [0.4, 0.5) is 0 Å². The Labute approximate surface area is 138 Å². The molecule has 3 heteroatoms. The monoisotopic (exact) mass is 313 g/mol. The van der Waals surface area contributed by atoms with Crippen LogP contribution in [0.3, 0.4) is 0 Å². The quantitative estimate of drug-likeness (QED) is 0.610. The zero-order valence-corrected chi connectivity index (χ0v) is 16.0. The Kier molecular flexibility index (Phi) is 9.30. The normalized spacial score (nSPS) is 14.0. The number of rotatable bonds is 11. The predicted molar refractivity (Wildman–Crippen MR) is 94.8 cm³/mol. The number of hydrogen-bond acceptors (Lipinski definition) is 2. The van der Waals surface area contributed by atoms with Crippen molar-refractivity contribution in [3.63, 3.8) is 0 Å². The predicted octanol–water partition coefficient (Wildman–Crippen LogP) is 4.49. The first-order valence-corrected chi connectivity index (χ1v) is 9.17. The van der Waals surface area contributed by atoms with Gasteiger partial charge < -0.3 is 10.0 Å². The zero-order chi connectivity index (χ0) is 17.4. The number of aliphatic hydroxyl groups excluding tert-OH is 1. The average Bonchev–Trinajstić information content (AvgIpc) is 2.55. The van der Waals surface area contributed by atoms with E-state index in [9.17, 15) is 9.90 Å². The fourth-order valence-corrected chi connectivity index (χ4v) is 3.17. The molecule has 22 heavy (non-hydrogen) atoms. The minimum atomic E-state index is 0.0333. The SMILES string of the molecule is CCN(CCO)C(=O)C(CC(C)(CC)CC)C(C)(CC)CC. The van der Waals surface area contributed by atoms with Gasteiger partial charge >= 0.3 is 0 Å². The van der Waals surface area contributed by atoms with Crippen LogP contribution >= 0.6 is 0 Å². The van der Waals surface area contributed by atoms with E-state index < -0.39 is 0 Å². The smallest absolute Gasteiger partial charge is 0.226 e. The molecular formula is C19H39NO2. The minimum Gasteiger partial charge on any atom is -0.395 e. The van der Waals surface area contributed by atoms with E-state index in [1.54, 1.807) is 0 Å². The Hall–Kier alpha value is -0.570. The molecule has 0 aromatic rings. The van der Waals surface area contributed by atoms with Crippen LogP contribution in [0.5, 0.6) is 0 Å². The van der Waals surface area contributed by atoms with Crippen LogP contribution in [0.1, 0.15) is 80.6 Å². The Balaban J connectivity index is 5.55. The molecular weight excluding hydrogens is 274 g/mol. The molecule has 0 aliphatic heterocycles. The summed E-state index contributed by atoms with van der Waals surface area (Å²) in [6.07, 6.45) is 5.17. The number of nitrogens with zero attached hydrogens (tertiary/aromatic N) is 1. The highest BCUT2D eigenvalue weighted by atomic mass is 16.3. The summed E-state index contributed by atoms with van der Waals surface area (Å²) in [7, 11) is 0. The third-order valence-corrected chi connectivity index (χ3v) is 6.22. The van der Waals surface area contributed by atoms with E-state index in [0.29, 0.717) is 13.1 Å². The standard InChI is InChI=1S/C19H39NO2/c1-8-18(6,9-2)15-16(19(7,10-3)11-4)17(22)20(12-5)13-14-21/h16,21H,8-15H2,1-7H3. The fourth-order valence-electron chi connectivity index (χ4n) is 3.17.